The number of hydrogen-bond donors (Lipinski definition) is 1. The summed E-state index contributed by atoms with van der Waals surface area (Å²) in [7, 11) is 3.25. The SMILES string of the molecule is COc1ccc(NC(=S)N2CC(C)OC(C)C2)c(OC)c1. The predicted octanol–water partition coefficient (Wildman–Crippen LogP) is 2.51. The summed E-state index contributed by atoms with van der Waals surface area (Å²) in [6.07, 6.45) is 0.345. The predicted molar refractivity (Wildman–Crippen MR) is 87.3 cm³/mol. The first-order chi connectivity index (χ1) is 10.0. The molecule has 1 fully saturated rings. The molecule has 1 aromatic rings. The lowest BCUT2D eigenvalue weighted by molar-refractivity contribution is -0.0473. The highest BCUT2D eigenvalue weighted by atomic mass is 32.1. The fourth-order valence-electron chi connectivity index (χ4n) is 2.44. The van der Waals surface area contributed by atoms with Crippen LogP contribution in [0.15, 0.2) is 18.2 Å². The number of anilines is 1. The molecule has 21 heavy (non-hydrogen) atoms. The number of methoxy groups -OCH3 is 2. The number of thiocarbonyl (C=S) groups is 1. The Morgan fingerprint density at radius 1 is 1.24 bits per heavy atom. The quantitative estimate of drug-likeness (QED) is 0.865. The van der Waals surface area contributed by atoms with Crippen molar-refractivity contribution >= 4 is 23.0 Å². The van der Waals surface area contributed by atoms with Gasteiger partial charge in [0.05, 0.1) is 32.1 Å². The summed E-state index contributed by atoms with van der Waals surface area (Å²) >= 11 is 5.50. The van der Waals surface area contributed by atoms with Gasteiger partial charge in [-0.05, 0) is 38.2 Å². The molecular formula is C15H22N2O3S. The van der Waals surface area contributed by atoms with E-state index in [1.165, 1.54) is 0 Å². The van der Waals surface area contributed by atoms with Gasteiger partial charge in [0, 0.05) is 19.2 Å². The Morgan fingerprint density at radius 2 is 1.90 bits per heavy atom. The van der Waals surface area contributed by atoms with Crippen molar-refractivity contribution in [2.75, 3.05) is 32.6 Å². The first-order valence-corrected chi connectivity index (χ1v) is 7.37. The largest absolute Gasteiger partial charge is 0.497 e. The van der Waals surface area contributed by atoms with Crippen LogP contribution in [0.1, 0.15) is 13.8 Å². The molecule has 1 saturated heterocycles. The van der Waals surface area contributed by atoms with Gasteiger partial charge in [0.1, 0.15) is 11.5 Å². The van der Waals surface area contributed by atoms with Gasteiger partial charge in [0.2, 0.25) is 0 Å². The molecule has 0 spiro atoms. The maximum atomic E-state index is 5.72. The number of nitrogens with one attached hydrogen (secondary N) is 1. The summed E-state index contributed by atoms with van der Waals surface area (Å²) in [5, 5.41) is 3.93. The van der Waals surface area contributed by atoms with E-state index in [1.54, 1.807) is 14.2 Å². The summed E-state index contributed by atoms with van der Waals surface area (Å²) in [6.45, 7) is 5.68. The molecule has 0 saturated carbocycles. The third kappa shape index (κ3) is 3.98. The van der Waals surface area contributed by atoms with Gasteiger partial charge in [-0.2, -0.15) is 0 Å². The molecule has 5 nitrogen and oxygen atoms in total. The summed E-state index contributed by atoms with van der Waals surface area (Å²) in [5.41, 5.74) is 0.829. The van der Waals surface area contributed by atoms with E-state index in [1.807, 2.05) is 18.2 Å². The van der Waals surface area contributed by atoms with Gasteiger partial charge in [0.25, 0.3) is 0 Å². The summed E-state index contributed by atoms with van der Waals surface area (Å²) in [6, 6.07) is 5.60. The van der Waals surface area contributed by atoms with Gasteiger partial charge in [-0.15, -0.1) is 0 Å². The molecule has 2 rings (SSSR count). The van der Waals surface area contributed by atoms with Crippen LogP contribution >= 0.6 is 12.2 Å². The second-order valence-electron chi connectivity index (χ2n) is 5.16. The maximum Gasteiger partial charge on any atom is 0.173 e. The first-order valence-electron chi connectivity index (χ1n) is 6.97. The van der Waals surface area contributed by atoms with Gasteiger partial charge in [0.15, 0.2) is 5.11 Å². The van der Waals surface area contributed by atoms with Crippen LogP contribution in [0.25, 0.3) is 0 Å². The van der Waals surface area contributed by atoms with Crippen molar-refractivity contribution in [3.63, 3.8) is 0 Å². The maximum absolute atomic E-state index is 5.72. The minimum atomic E-state index is 0.172. The number of rotatable bonds is 3. The van der Waals surface area contributed by atoms with Gasteiger partial charge in [-0.3, -0.25) is 0 Å². The van der Waals surface area contributed by atoms with E-state index < -0.39 is 0 Å². The number of hydrogen-bond acceptors (Lipinski definition) is 4. The highest BCUT2D eigenvalue weighted by Gasteiger charge is 2.24. The Morgan fingerprint density at radius 3 is 2.48 bits per heavy atom. The molecule has 2 atom stereocenters. The van der Waals surface area contributed by atoms with Gasteiger partial charge in [-0.1, -0.05) is 0 Å². The normalized spacial score (nSPS) is 21.8. The Labute approximate surface area is 131 Å². The van der Waals surface area contributed by atoms with Crippen LogP contribution in [-0.4, -0.2) is 49.5 Å². The van der Waals surface area contributed by atoms with Crippen molar-refractivity contribution in [1.82, 2.24) is 4.90 Å². The second kappa shape index (κ2) is 6.95. The lowest BCUT2D eigenvalue weighted by Gasteiger charge is -2.37. The second-order valence-corrected chi connectivity index (χ2v) is 5.55. The van der Waals surface area contributed by atoms with Gasteiger partial charge >= 0.3 is 0 Å². The first kappa shape index (κ1) is 15.9. The summed E-state index contributed by atoms with van der Waals surface area (Å²) in [5.74, 6) is 1.45. The van der Waals surface area contributed by atoms with E-state index in [0.717, 1.165) is 24.5 Å². The molecule has 0 aliphatic carbocycles. The highest BCUT2D eigenvalue weighted by molar-refractivity contribution is 7.80. The molecule has 6 heteroatoms. The molecular weight excluding hydrogens is 288 g/mol. The van der Waals surface area contributed by atoms with Crippen LogP contribution in [-0.2, 0) is 4.74 Å². The topological polar surface area (TPSA) is 43.0 Å². The van der Waals surface area contributed by atoms with Crippen LogP contribution in [0.2, 0.25) is 0 Å². The Bertz CT molecular complexity index is 500. The number of benzene rings is 1. The molecule has 1 N–H and O–H groups in total. The van der Waals surface area contributed by atoms with Crippen molar-refractivity contribution in [2.45, 2.75) is 26.1 Å². The fraction of sp³-hybridized carbons (Fsp3) is 0.533. The highest BCUT2D eigenvalue weighted by Crippen LogP contribution is 2.29. The minimum absolute atomic E-state index is 0.172. The number of ether oxygens (including phenoxy) is 3. The van der Waals surface area contributed by atoms with Crippen LogP contribution in [0, 0.1) is 0 Å². The Balaban J connectivity index is 2.08. The minimum Gasteiger partial charge on any atom is -0.497 e. The lowest BCUT2D eigenvalue weighted by Crippen LogP contribution is -2.49. The van der Waals surface area contributed by atoms with Crippen molar-refractivity contribution in [3.05, 3.63) is 18.2 Å². The standard InChI is InChI=1S/C15H22N2O3S/c1-10-8-17(9-11(2)20-10)15(21)16-13-6-5-12(18-3)7-14(13)19-4/h5-7,10-11H,8-9H2,1-4H3,(H,16,21). The molecule has 1 aromatic carbocycles. The van der Waals surface area contributed by atoms with Crippen molar-refractivity contribution in [1.29, 1.82) is 0 Å². The molecule has 116 valence electrons. The van der Waals surface area contributed by atoms with E-state index in [4.69, 9.17) is 26.4 Å². The van der Waals surface area contributed by atoms with Crippen LogP contribution < -0.4 is 14.8 Å². The molecule has 1 aliphatic rings. The molecule has 2 unspecified atom stereocenters. The molecule has 1 aliphatic heterocycles. The molecule has 0 aromatic heterocycles. The average molecular weight is 310 g/mol. The van der Waals surface area contributed by atoms with Gasteiger partial charge in [-0.25, -0.2) is 0 Å². The number of nitrogens with zero attached hydrogens (tertiary/aromatic N) is 1. The van der Waals surface area contributed by atoms with E-state index in [9.17, 15) is 0 Å². The van der Waals surface area contributed by atoms with Crippen LogP contribution in [0.4, 0.5) is 5.69 Å². The van der Waals surface area contributed by atoms with E-state index >= 15 is 0 Å². The van der Waals surface area contributed by atoms with E-state index in [-0.39, 0.29) is 12.2 Å². The zero-order chi connectivity index (χ0) is 15.4. The van der Waals surface area contributed by atoms with Crippen molar-refractivity contribution < 1.29 is 14.2 Å². The number of morpholine rings is 1. The molecule has 0 amide bonds. The average Bonchev–Trinajstić information content (AvgIpc) is 2.46. The fourth-order valence-corrected chi connectivity index (χ4v) is 2.70. The monoisotopic (exact) mass is 310 g/mol. The van der Waals surface area contributed by atoms with Crippen LogP contribution in [0.3, 0.4) is 0 Å². The third-order valence-electron chi connectivity index (χ3n) is 3.36. The Hall–Kier alpha value is -1.53. The summed E-state index contributed by atoms with van der Waals surface area (Å²) < 4.78 is 16.3. The zero-order valence-electron chi connectivity index (χ0n) is 12.9. The van der Waals surface area contributed by atoms with E-state index in [2.05, 4.69) is 24.1 Å². The van der Waals surface area contributed by atoms with E-state index in [0.29, 0.717) is 10.9 Å². The Kier molecular flexibility index (Phi) is 5.25. The molecule has 0 bridgehead atoms. The third-order valence-corrected chi connectivity index (χ3v) is 3.72. The zero-order valence-corrected chi connectivity index (χ0v) is 13.7. The molecule has 1 heterocycles. The summed E-state index contributed by atoms with van der Waals surface area (Å²) in [4.78, 5) is 2.12. The van der Waals surface area contributed by atoms with Crippen molar-refractivity contribution in [3.8, 4) is 11.5 Å². The van der Waals surface area contributed by atoms with Gasteiger partial charge < -0.3 is 24.4 Å². The van der Waals surface area contributed by atoms with Crippen LogP contribution in [0.5, 0.6) is 11.5 Å². The molecule has 0 radical (unpaired) electrons. The lowest BCUT2D eigenvalue weighted by atomic mass is 10.2. The smallest absolute Gasteiger partial charge is 0.173 e. The van der Waals surface area contributed by atoms with Crippen molar-refractivity contribution in [2.24, 2.45) is 0 Å².